The van der Waals surface area contributed by atoms with Crippen LogP contribution >= 0.6 is 11.6 Å². The van der Waals surface area contributed by atoms with Gasteiger partial charge < -0.3 is 4.74 Å². The molecule has 4 nitrogen and oxygen atoms in total. The van der Waals surface area contributed by atoms with Crippen molar-refractivity contribution in [1.82, 2.24) is 0 Å². The lowest BCUT2D eigenvalue weighted by molar-refractivity contribution is 0.246. The van der Waals surface area contributed by atoms with Gasteiger partial charge in [-0.3, -0.25) is 4.31 Å². The van der Waals surface area contributed by atoms with Gasteiger partial charge in [-0.25, -0.2) is 8.42 Å². The maximum Gasteiger partial charge on any atom is 0.264 e. The Hall–Kier alpha value is -2.50. The van der Waals surface area contributed by atoms with Gasteiger partial charge in [0.15, 0.2) is 0 Å². The average Bonchev–Trinajstić information content (AvgIpc) is 2.66. The van der Waals surface area contributed by atoms with Gasteiger partial charge >= 0.3 is 0 Å². The molecule has 0 N–H and O–H groups in total. The van der Waals surface area contributed by atoms with Crippen LogP contribution in [0.5, 0.6) is 5.75 Å². The van der Waals surface area contributed by atoms with E-state index in [9.17, 15) is 8.42 Å². The summed E-state index contributed by atoms with van der Waals surface area (Å²) in [7, 11) is -3.78. The first-order valence-corrected chi connectivity index (χ1v) is 9.91. The Kier molecular flexibility index (Phi) is 4.13. The van der Waals surface area contributed by atoms with Crippen molar-refractivity contribution in [3.8, 4) is 5.75 Å². The van der Waals surface area contributed by atoms with Crippen LogP contribution in [0.4, 0.5) is 5.69 Å². The van der Waals surface area contributed by atoms with E-state index >= 15 is 0 Å². The van der Waals surface area contributed by atoms with Gasteiger partial charge in [0.25, 0.3) is 10.0 Å². The van der Waals surface area contributed by atoms with Crippen LogP contribution in [0.2, 0.25) is 5.02 Å². The molecule has 0 radical (unpaired) electrons. The summed E-state index contributed by atoms with van der Waals surface area (Å²) in [5.74, 6) is 0.468. The number of benzene rings is 3. The molecule has 26 heavy (non-hydrogen) atoms. The number of halogens is 1. The van der Waals surface area contributed by atoms with Crippen LogP contribution < -0.4 is 9.04 Å². The molecular weight excluding hydrogens is 370 g/mol. The maximum absolute atomic E-state index is 13.4. The molecule has 1 heterocycles. The first kappa shape index (κ1) is 16.9. The number of rotatable bonds is 3. The van der Waals surface area contributed by atoms with Gasteiger partial charge in [0.1, 0.15) is 11.9 Å². The molecule has 1 aliphatic rings. The van der Waals surface area contributed by atoms with Crippen molar-refractivity contribution < 1.29 is 13.2 Å². The standard InChI is InChI=1S/C20H16ClNO3S/c1-2-17-13-22(19-12-16(21)8-10-20(19)25-17)26(23,24)18-9-7-14-5-3-4-6-15(14)11-18/h2-12,17H,1,13H2/t17-/m0/s1. The van der Waals surface area contributed by atoms with Gasteiger partial charge in [-0.2, -0.15) is 0 Å². The Morgan fingerprint density at radius 2 is 1.85 bits per heavy atom. The lowest BCUT2D eigenvalue weighted by Gasteiger charge is -2.34. The van der Waals surface area contributed by atoms with Crippen molar-refractivity contribution >= 4 is 38.1 Å². The number of nitrogens with zero attached hydrogens (tertiary/aromatic N) is 1. The van der Waals surface area contributed by atoms with Crippen LogP contribution in [-0.2, 0) is 10.0 Å². The van der Waals surface area contributed by atoms with Crippen LogP contribution in [0.15, 0.2) is 78.2 Å². The van der Waals surface area contributed by atoms with Gasteiger partial charge in [-0.15, -0.1) is 0 Å². The van der Waals surface area contributed by atoms with Crippen molar-refractivity contribution in [3.63, 3.8) is 0 Å². The largest absolute Gasteiger partial charge is 0.482 e. The molecule has 132 valence electrons. The minimum absolute atomic E-state index is 0.145. The topological polar surface area (TPSA) is 46.6 Å². The predicted molar refractivity (Wildman–Crippen MR) is 105 cm³/mol. The van der Waals surface area contributed by atoms with Crippen molar-refractivity contribution in [3.05, 3.63) is 78.3 Å². The zero-order valence-corrected chi connectivity index (χ0v) is 15.4. The summed E-state index contributed by atoms with van der Waals surface area (Å²) in [6.07, 6.45) is 1.17. The fraction of sp³-hybridized carbons (Fsp3) is 0.100. The second-order valence-corrected chi connectivity index (χ2v) is 8.35. The number of hydrogen-bond acceptors (Lipinski definition) is 3. The van der Waals surface area contributed by atoms with Crippen LogP contribution in [0, 0.1) is 0 Å². The summed E-state index contributed by atoms with van der Waals surface area (Å²) in [4.78, 5) is 0.229. The number of sulfonamides is 1. The van der Waals surface area contributed by atoms with Crippen LogP contribution in [-0.4, -0.2) is 21.1 Å². The van der Waals surface area contributed by atoms with E-state index in [1.54, 1.807) is 36.4 Å². The number of ether oxygens (including phenoxy) is 1. The molecule has 0 fully saturated rings. The van der Waals surface area contributed by atoms with E-state index in [2.05, 4.69) is 6.58 Å². The van der Waals surface area contributed by atoms with Crippen LogP contribution in [0.1, 0.15) is 0 Å². The first-order valence-electron chi connectivity index (χ1n) is 8.09. The molecule has 6 heteroatoms. The Morgan fingerprint density at radius 3 is 2.62 bits per heavy atom. The third-order valence-corrected chi connectivity index (χ3v) is 6.40. The molecule has 0 saturated carbocycles. The SMILES string of the molecule is C=C[C@H]1CN(S(=O)(=O)c2ccc3ccccc3c2)c2cc(Cl)ccc2O1. The Bertz CT molecular complexity index is 1110. The first-order chi connectivity index (χ1) is 12.5. The predicted octanol–water partition coefficient (Wildman–Crippen LogP) is 4.64. The van der Waals surface area contributed by atoms with E-state index in [0.717, 1.165) is 10.8 Å². The van der Waals surface area contributed by atoms with Crippen molar-refractivity contribution in [2.24, 2.45) is 0 Å². The third-order valence-electron chi connectivity index (χ3n) is 4.39. The normalized spacial score (nSPS) is 16.8. The highest BCUT2D eigenvalue weighted by Gasteiger charge is 2.33. The molecule has 3 aromatic carbocycles. The van der Waals surface area contributed by atoms with E-state index in [-0.39, 0.29) is 11.4 Å². The summed E-state index contributed by atoms with van der Waals surface area (Å²) in [6.45, 7) is 3.88. The van der Waals surface area contributed by atoms with Gasteiger partial charge in [0.2, 0.25) is 0 Å². The summed E-state index contributed by atoms with van der Waals surface area (Å²) in [6, 6.07) is 17.7. The van der Waals surface area contributed by atoms with Gasteiger partial charge in [0, 0.05) is 5.02 Å². The van der Waals surface area contributed by atoms with E-state index in [0.29, 0.717) is 16.5 Å². The summed E-state index contributed by atoms with van der Waals surface area (Å²) < 4.78 is 33.8. The molecule has 1 aliphatic heterocycles. The Morgan fingerprint density at radius 1 is 1.08 bits per heavy atom. The van der Waals surface area contributed by atoms with E-state index in [1.807, 2.05) is 30.3 Å². The zero-order valence-electron chi connectivity index (χ0n) is 13.8. The second-order valence-electron chi connectivity index (χ2n) is 6.05. The minimum Gasteiger partial charge on any atom is -0.482 e. The highest BCUT2D eigenvalue weighted by Crippen LogP contribution is 2.39. The lowest BCUT2D eigenvalue weighted by Crippen LogP contribution is -2.42. The number of anilines is 1. The van der Waals surface area contributed by atoms with E-state index < -0.39 is 16.1 Å². The molecule has 0 aliphatic carbocycles. The number of hydrogen-bond donors (Lipinski definition) is 0. The smallest absolute Gasteiger partial charge is 0.264 e. The summed E-state index contributed by atoms with van der Waals surface area (Å²) in [5.41, 5.74) is 0.434. The highest BCUT2D eigenvalue weighted by molar-refractivity contribution is 7.92. The molecule has 4 rings (SSSR count). The molecule has 0 bridgehead atoms. The van der Waals surface area contributed by atoms with Gasteiger partial charge in [-0.05, 0) is 47.2 Å². The summed E-state index contributed by atoms with van der Waals surface area (Å²) >= 11 is 6.09. The molecule has 0 spiro atoms. The molecule has 0 aromatic heterocycles. The van der Waals surface area contributed by atoms with E-state index in [4.69, 9.17) is 16.3 Å². The lowest BCUT2D eigenvalue weighted by atomic mass is 10.1. The van der Waals surface area contributed by atoms with Crippen LogP contribution in [0.3, 0.4) is 0 Å². The Balaban J connectivity index is 1.86. The molecule has 0 amide bonds. The average molecular weight is 386 g/mol. The minimum atomic E-state index is -3.78. The van der Waals surface area contributed by atoms with E-state index in [1.165, 1.54) is 4.31 Å². The molecule has 0 unspecified atom stereocenters. The van der Waals surface area contributed by atoms with Crippen molar-refractivity contribution in [2.75, 3.05) is 10.8 Å². The monoisotopic (exact) mass is 385 g/mol. The molecule has 0 saturated heterocycles. The van der Waals surface area contributed by atoms with Crippen molar-refractivity contribution in [1.29, 1.82) is 0 Å². The maximum atomic E-state index is 13.4. The fourth-order valence-electron chi connectivity index (χ4n) is 3.05. The molecular formula is C20H16ClNO3S. The second kappa shape index (κ2) is 6.34. The highest BCUT2D eigenvalue weighted by atomic mass is 35.5. The number of fused-ring (bicyclic) bond motifs is 2. The summed E-state index contributed by atoms with van der Waals surface area (Å²) in [5, 5.41) is 2.30. The molecule has 1 atom stereocenters. The quantitative estimate of drug-likeness (QED) is 0.617. The fourth-order valence-corrected chi connectivity index (χ4v) is 4.73. The van der Waals surface area contributed by atoms with Crippen molar-refractivity contribution in [2.45, 2.75) is 11.0 Å². The zero-order chi connectivity index (χ0) is 18.3. The third kappa shape index (κ3) is 2.83. The Labute approximate surface area is 157 Å². The van der Waals surface area contributed by atoms with Gasteiger partial charge in [0.05, 0.1) is 17.1 Å². The van der Waals surface area contributed by atoms with Crippen LogP contribution in [0.25, 0.3) is 10.8 Å². The molecule has 3 aromatic rings. The van der Waals surface area contributed by atoms with Gasteiger partial charge in [-0.1, -0.05) is 48.5 Å².